The molecule has 130 valence electrons. The third kappa shape index (κ3) is 4.51. The fraction of sp³-hybridized carbons (Fsp3) is 0.250. The number of nitrogens with zero attached hydrogens (tertiary/aromatic N) is 1. The molecule has 0 unspecified atom stereocenters. The van der Waals surface area contributed by atoms with Crippen molar-refractivity contribution in [2.24, 2.45) is 0 Å². The summed E-state index contributed by atoms with van der Waals surface area (Å²) in [7, 11) is 0. The molecule has 0 atom stereocenters. The third-order valence-corrected chi connectivity index (χ3v) is 4.82. The molecule has 3 aromatic rings. The highest BCUT2D eigenvalue weighted by atomic mass is 32.1. The van der Waals surface area contributed by atoms with Gasteiger partial charge in [-0.1, -0.05) is 24.3 Å². The van der Waals surface area contributed by atoms with Crippen molar-refractivity contribution in [3.63, 3.8) is 0 Å². The molecule has 0 saturated carbocycles. The monoisotopic (exact) mass is 355 g/mol. The van der Waals surface area contributed by atoms with Crippen molar-refractivity contribution in [2.45, 2.75) is 26.9 Å². The summed E-state index contributed by atoms with van der Waals surface area (Å²) in [5.41, 5.74) is 2.06. The minimum Gasteiger partial charge on any atom is -0.483 e. The van der Waals surface area contributed by atoms with Gasteiger partial charge in [0, 0.05) is 4.88 Å². The topological polar surface area (TPSA) is 42.7 Å². The molecule has 1 amide bonds. The van der Waals surface area contributed by atoms with Gasteiger partial charge in [0.2, 0.25) is 0 Å². The van der Waals surface area contributed by atoms with Crippen LogP contribution in [0.1, 0.15) is 21.8 Å². The number of carbonyl (C=O) groups excluding carboxylic acids is 1. The zero-order chi connectivity index (χ0) is 17.6. The summed E-state index contributed by atoms with van der Waals surface area (Å²) in [5, 5.41) is 2.01. The minimum atomic E-state index is -0.0625. The number of thiophene rings is 1. The van der Waals surface area contributed by atoms with Crippen LogP contribution >= 0.6 is 11.3 Å². The van der Waals surface area contributed by atoms with E-state index >= 15 is 0 Å². The van der Waals surface area contributed by atoms with Crippen molar-refractivity contribution in [1.82, 2.24) is 4.90 Å². The molecule has 5 heteroatoms. The van der Waals surface area contributed by atoms with Crippen molar-refractivity contribution in [3.8, 4) is 5.75 Å². The largest absolute Gasteiger partial charge is 0.483 e. The first-order chi connectivity index (χ1) is 12.1. The van der Waals surface area contributed by atoms with Crippen molar-refractivity contribution in [2.75, 3.05) is 6.61 Å². The van der Waals surface area contributed by atoms with E-state index in [4.69, 9.17) is 9.15 Å². The Labute approximate surface area is 151 Å². The highest BCUT2D eigenvalue weighted by Crippen LogP contribution is 2.22. The van der Waals surface area contributed by atoms with Crippen LogP contribution in [0, 0.1) is 13.8 Å². The Bertz CT molecular complexity index is 753. The fourth-order valence-electron chi connectivity index (χ4n) is 2.67. The van der Waals surface area contributed by atoms with Crippen LogP contribution in [-0.2, 0) is 17.9 Å². The van der Waals surface area contributed by atoms with E-state index in [0.29, 0.717) is 13.1 Å². The van der Waals surface area contributed by atoms with Gasteiger partial charge in [0.05, 0.1) is 19.4 Å². The number of furan rings is 1. The average Bonchev–Trinajstić information content (AvgIpc) is 3.27. The predicted molar refractivity (Wildman–Crippen MR) is 98.7 cm³/mol. The lowest BCUT2D eigenvalue weighted by Gasteiger charge is -2.22. The van der Waals surface area contributed by atoms with E-state index < -0.39 is 0 Å². The molecule has 2 aromatic heterocycles. The van der Waals surface area contributed by atoms with E-state index in [1.165, 1.54) is 0 Å². The van der Waals surface area contributed by atoms with E-state index in [1.807, 2.05) is 61.7 Å². The van der Waals surface area contributed by atoms with Gasteiger partial charge in [-0.15, -0.1) is 11.3 Å². The standard InChI is InChI=1S/C20H21NO3S/c1-15-6-3-7-16(2)20(15)24-14-19(22)21(12-17-8-4-10-23-17)13-18-9-5-11-25-18/h3-11H,12-14H2,1-2H3. The van der Waals surface area contributed by atoms with Crippen molar-refractivity contribution in [3.05, 3.63) is 75.9 Å². The molecule has 0 aliphatic heterocycles. The van der Waals surface area contributed by atoms with Gasteiger partial charge in [-0.25, -0.2) is 0 Å². The molecule has 25 heavy (non-hydrogen) atoms. The van der Waals surface area contributed by atoms with E-state index in [0.717, 1.165) is 27.5 Å². The van der Waals surface area contributed by atoms with Gasteiger partial charge < -0.3 is 14.1 Å². The van der Waals surface area contributed by atoms with Crippen LogP contribution in [0.5, 0.6) is 5.75 Å². The number of benzene rings is 1. The molecule has 3 rings (SSSR count). The molecule has 0 aliphatic carbocycles. The minimum absolute atomic E-state index is 0.0117. The number of hydrogen-bond acceptors (Lipinski definition) is 4. The lowest BCUT2D eigenvalue weighted by molar-refractivity contribution is -0.134. The summed E-state index contributed by atoms with van der Waals surface area (Å²) in [6.45, 7) is 4.96. The Hall–Kier alpha value is -2.53. The second kappa shape index (κ2) is 8.03. The number of amides is 1. The number of hydrogen-bond donors (Lipinski definition) is 0. The quantitative estimate of drug-likeness (QED) is 0.624. The molecule has 0 spiro atoms. The van der Waals surface area contributed by atoms with E-state index in [1.54, 1.807) is 22.5 Å². The third-order valence-electron chi connectivity index (χ3n) is 3.96. The lowest BCUT2D eigenvalue weighted by Crippen LogP contribution is -2.33. The predicted octanol–water partition coefficient (Wildman–Crippen LogP) is 4.57. The Morgan fingerprint density at radius 1 is 1.08 bits per heavy atom. The van der Waals surface area contributed by atoms with Crippen LogP contribution in [0.25, 0.3) is 0 Å². The first kappa shape index (κ1) is 17.3. The Morgan fingerprint density at radius 3 is 2.52 bits per heavy atom. The van der Waals surface area contributed by atoms with Gasteiger partial charge in [0.15, 0.2) is 6.61 Å². The number of carbonyl (C=O) groups is 1. The summed E-state index contributed by atoms with van der Waals surface area (Å²) in [6.07, 6.45) is 1.62. The zero-order valence-corrected chi connectivity index (χ0v) is 15.2. The van der Waals surface area contributed by atoms with Gasteiger partial charge in [-0.3, -0.25) is 4.79 Å². The first-order valence-corrected chi connectivity index (χ1v) is 9.03. The molecular formula is C20H21NO3S. The highest BCUT2D eigenvalue weighted by Gasteiger charge is 2.18. The molecule has 0 fully saturated rings. The van der Waals surface area contributed by atoms with Crippen molar-refractivity contribution in [1.29, 1.82) is 0 Å². The molecule has 4 nitrogen and oxygen atoms in total. The summed E-state index contributed by atoms with van der Waals surface area (Å²) in [5.74, 6) is 1.48. The Balaban J connectivity index is 1.69. The van der Waals surface area contributed by atoms with Gasteiger partial charge >= 0.3 is 0 Å². The lowest BCUT2D eigenvalue weighted by atomic mass is 10.1. The second-order valence-corrected chi connectivity index (χ2v) is 6.95. The normalized spacial score (nSPS) is 10.6. The molecule has 0 radical (unpaired) electrons. The Morgan fingerprint density at radius 2 is 1.88 bits per heavy atom. The second-order valence-electron chi connectivity index (χ2n) is 5.92. The van der Waals surface area contributed by atoms with Crippen LogP contribution in [0.3, 0.4) is 0 Å². The van der Waals surface area contributed by atoms with Gasteiger partial charge in [0.1, 0.15) is 11.5 Å². The maximum Gasteiger partial charge on any atom is 0.261 e. The summed E-state index contributed by atoms with van der Waals surface area (Å²) in [6, 6.07) is 13.7. The van der Waals surface area contributed by atoms with Crippen molar-refractivity contribution >= 4 is 17.2 Å². The number of rotatable bonds is 7. The number of aryl methyl sites for hydroxylation is 2. The van der Waals surface area contributed by atoms with Gasteiger partial charge in [0.25, 0.3) is 5.91 Å². The average molecular weight is 355 g/mol. The SMILES string of the molecule is Cc1cccc(C)c1OCC(=O)N(Cc1ccco1)Cc1cccs1. The number of para-hydroxylation sites is 1. The summed E-state index contributed by atoms with van der Waals surface area (Å²) >= 11 is 1.64. The Kier molecular flexibility index (Phi) is 5.56. The molecule has 0 N–H and O–H groups in total. The first-order valence-electron chi connectivity index (χ1n) is 8.15. The summed E-state index contributed by atoms with van der Waals surface area (Å²) in [4.78, 5) is 15.6. The van der Waals surface area contributed by atoms with Crippen LogP contribution in [-0.4, -0.2) is 17.4 Å². The molecule has 1 aromatic carbocycles. The maximum atomic E-state index is 12.8. The van der Waals surface area contributed by atoms with Crippen LogP contribution in [0.4, 0.5) is 0 Å². The van der Waals surface area contributed by atoms with Gasteiger partial charge in [-0.05, 0) is 48.6 Å². The van der Waals surface area contributed by atoms with E-state index in [2.05, 4.69) is 0 Å². The van der Waals surface area contributed by atoms with E-state index in [-0.39, 0.29) is 12.5 Å². The smallest absolute Gasteiger partial charge is 0.261 e. The number of ether oxygens (including phenoxy) is 1. The zero-order valence-electron chi connectivity index (χ0n) is 14.4. The summed E-state index contributed by atoms with van der Waals surface area (Å²) < 4.78 is 11.2. The molecule has 0 bridgehead atoms. The van der Waals surface area contributed by atoms with E-state index in [9.17, 15) is 4.79 Å². The fourth-order valence-corrected chi connectivity index (χ4v) is 3.39. The molecule has 2 heterocycles. The van der Waals surface area contributed by atoms with Crippen LogP contribution in [0.2, 0.25) is 0 Å². The maximum absolute atomic E-state index is 12.8. The highest BCUT2D eigenvalue weighted by molar-refractivity contribution is 7.09. The molecule has 0 saturated heterocycles. The van der Waals surface area contributed by atoms with Crippen LogP contribution in [0.15, 0.2) is 58.5 Å². The van der Waals surface area contributed by atoms with Crippen molar-refractivity contribution < 1.29 is 13.9 Å². The molecular weight excluding hydrogens is 334 g/mol. The van der Waals surface area contributed by atoms with Crippen LogP contribution < -0.4 is 4.74 Å². The van der Waals surface area contributed by atoms with Gasteiger partial charge in [-0.2, -0.15) is 0 Å². The molecule has 0 aliphatic rings.